The van der Waals surface area contributed by atoms with E-state index in [9.17, 15) is 4.79 Å². The molecule has 4 N–H and O–H groups in total. The number of nitrogens with one attached hydrogen (secondary N) is 2. The molecular weight excluding hydrogens is 340 g/mol. The lowest BCUT2D eigenvalue weighted by Gasteiger charge is -2.20. The van der Waals surface area contributed by atoms with Crippen molar-refractivity contribution >= 4 is 28.5 Å². The molecule has 0 atom stereocenters. The van der Waals surface area contributed by atoms with E-state index in [1.165, 1.54) is 6.42 Å². The van der Waals surface area contributed by atoms with Crippen LogP contribution in [-0.2, 0) is 0 Å². The summed E-state index contributed by atoms with van der Waals surface area (Å²) in [5.74, 6) is -0.184. The van der Waals surface area contributed by atoms with Gasteiger partial charge in [-0.05, 0) is 52.0 Å². The normalized spacial score (nSPS) is 19.2. The summed E-state index contributed by atoms with van der Waals surface area (Å²) < 4.78 is 0. The fourth-order valence-electron chi connectivity index (χ4n) is 3.36. The van der Waals surface area contributed by atoms with Gasteiger partial charge >= 0.3 is 0 Å². The van der Waals surface area contributed by atoms with Gasteiger partial charge in [0.1, 0.15) is 11.2 Å². The van der Waals surface area contributed by atoms with Crippen LogP contribution in [0.1, 0.15) is 68.9 Å². The minimum Gasteiger partial charge on any atom is -0.397 e. The molecule has 0 aliphatic heterocycles. The van der Waals surface area contributed by atoms with Crippen LogP contribution in [0.25, 0.3) is 16.9 Å². The Morgan fingerprint density at radius 1 is 1.26 bits per heavy atom. The zero-order chi connectivity index (χ0) is 19.6. The second-order valence-corrected chi connectivity index (χ2v) is 7.98. The molecule has 1 amide bonds. The van der Waals surface area contributed by atoms with Crippen molar-refractivity contribution in [3.8, 4) is 0 Å². The predicted molar refractivity (Wildman–Crippen MR) is 109 cm³/mol. The summed E-state index contributed by atoms with van der Waals surface area (Å²) in [4.78, 5) is 29.1. The number of hydrogen-bond acceptors (Lipinski definition) is 5. The van der Waals surface area contributed by atoms with Crippen LogP contribution in [0.3, 0.4) is 0 Å². The maximum absolute atomic E-state index is 12.6. The van der Waals surface area contributed by atoms with Gasteiger partial charge in [0.15, 0.2) is 5.65 Å². The number of nitrogens with two attached hydrogens (primary N) is 1. The van der Waals surface area contributed by atoms with Crippen LogP contribution in [-0.4, -0.2) is 39.2 Å². The Morgan fingerprint density at radius 2 is 2.00 bits per heavy atom. The number of fused-ring (bicyclic) bond motifs is 1. The van der Waals surface area contributed by atoms with E-state index in [0.717, 1.165) is 37.0 Å². The number of aromatic nitrogens is 3. The first-order valence-electron chi connectivity index (χ1n) is 9.42. The van der Waals surface area contributed by atoms with Gasteiger partial charge in [-0.25, -0.2) is 9.97 Å². The fraction of sp³-hybridized carbons (Fsp3) is 0.500. The summed E-state index contributed by atoms with van der Waals surface area (Å²) in [6.07, 6.45) is 8.52. The van der Waals surface area contributed by atoms with Gasteiger partial charge in [0.05, 0.1) is 17.5 Å². The Morgan fingerprint density at radius 3 is 2.70 bits per heavy atom. The molecule has 0 spiro atoms. The highest BCUT2D eigenvalue weighted by Gasteiger charge is 2.21. The maximum atomic E-state index is 12.6. The van der Waals surface area contributed by atoms with Gasteiger partial charge in [0.25, 0.3) is 5.91 Å². The van der Waals surface area contributed by atoms with Crippen LogP contribution < -0.4 is 11.1 Å². The van der Waals surface area contributed by atoms with E-state index in [2.05, 4.69) is 25.3 Å². The molecule has 1 saturated carbocycles. The van der Waals surface area contributed by atoms with Gasteiger partial charge in [0.2, 0.25) is 0 Å². The molecule has 1 fully saturated rings. The third kappa shape index (κ3) is 4.18. The predicted octanol–water partition coefficient (Wildman–Crippen LogP) is 3.19. The average molecular weight is 368 g/mol. The topological polar surface area (TPSA) is 109 Å². The van der Waals surface area contributed by atoms with Gasteiger partial charge in [-0.3, -0.25) is 9.79 Å². The van der Waals surface area contributed by atoms with Crippen molar-refractivity contribution in [2.75, 3.05) is 7.05 Å². The molecule has 0 saturated heterocycles. The highest BCUT2D eigenvalue weighted by atomic mass is 16.1. The van der Waals surface area contributed by atoms with Crippen LogP contribution in [0.15, 0.2) is 23.0 Å². The third-order valence-corrected chi connectivity index (χ3v) is 4.67. The van der Waals surface area contributed by atoms with E-state index in [1.54, 1.807) is 12.4 Å². The zero-order valence-corrected chi connectivity index (χ0v) is 16.5. The number of rotatable bonds is 2. The number of aromatic amines is 1. The van der Waals surface area contributed by atoms with E-state index in [4.69, 9.17) is 5.73 Å². The fourth-order valence-corrected chi connectivity index (χ4v) is 3.36. The van der Waals surface area contributed by atoms with Crippen molar-refractivity contribution in [3.63, 3.8) is 0 Å². The van der Waals surface area contributed by atoms with Crippen molar-refractivity contribution in [1.82, 2.24) is 20.3 Å². The number of aliphatic imine (C=N–C) groups is 1. The average Bonchev–Trinajstić information content (AvgIpc) is 2.88. The van der Waals surface area contributed by atoms with Crippen molar-refractivity contribution in [3.05, 3.63) is 29.2 Å². The number of hydrogen-bond donors (Lipinski definition) is 3. The maximum Gasteiger partial charge on any atom is 0.255 e. The zero-order valence-electron chi connectivity index (χ0n) is 16.5. The second kappa shape index (κ2) is 7.50. The van der Waals surface area contributed by atoms with E-state index in [1.807, 2.05) is 27.8 Å². The van der Waals surface area contributed by atoms with Crippen molar-refractivity contribution in [1.29, 1.82) is 0 Å². The van der Waals surface area contributed by atoms with Crippen LogP contribution in [0.4, 0.5) is 0 Å². The first kappa shape index (κ1) is 19.1. The molecule has 1 aliphatic rings. The monoisotopic (exact) mass is 368 g/mol. The molecule has 1 aliphatic carbocycles. The lowest BCUT2D eigenvalue weighted by Crippen LogP contribution is -2.40. The smallest absolute Gasteiger partial charge is 0.255 e. The number of amides is 1. The minimum absolute atomic E-state index is 0.184. The highest BCUT2D eigenvalue weighted by molar-refractivity contribution is 6.07. The van der Waals surface area contributed by atoms with Crippen molar-refractivity contribution < 1.29 is 4.79 Å². The SMILES string of the molecule is CN=C1CCCCCC1=C(N)c1cnc2[nH]cc(C(=O)NC(C)(C)C)c2n1. The van der Waals surface area contributed by atoms with E-state index < -0.39 is 0 Å². The first-order valence-corrected chi connectivity index (χ1v) is 9.42. The molecule has 144 valence electrons. The van der Waals surface area contributed by atoms with Crippen LogP contribution in [0.2, 0.25) is 0 Å². The van der Waals surface area contributed by atoms with E-state index in [-0.39, 0.29) is 11.4 Å². The minimum atomic E-state index is -0.334. The van der Waals surface area contributed by atoms with E-state index >= 15 is 0 Å². The van der Waals surface area contributed by atoms with Crippen molar-refractivity contribution in [2.24, 2.45) is 10.7 Å². The van der Waals surface area contributed by atoms with Gasteiger partial charge in [-0.2, -0.15) is 0 Å². The lowest BCUT2D eigenvalue weighted by atomic mass is 10.0. The summed E-state index contributed by atoms with van der Waals surface area (Å²) in [6, 6.07) is 0. The summed E-state index contributed by atoms with van der Waals surface area (Å²) in [6.45, 7) is 5.82. The summed E-state index contributed by atoms with van der Waals surface area (Å²) >= 11 is 0. The Kier molecular flexibility index (Phi) is 5.30. The standard InChI is InChI=1S/C20H28N6O/c1-20(2,3)26-19(27)13-10-23-18-17(13)25-15(11-24-18)16(21)12-8-6-5-7-9-14(12)22-4/h10-11H,5-9,21H2,1-4H3,(H,23,24)(H,26,27). The second-order valence-electron chi connectivity index (χ2n) is 7.98. The quantitative estimate of drug-likeness (QED) is 0.707. The molecule has 0 unspecified atom stereocenters. The van der Waals surface area contributed by atoms with Gasteiger partial charge < -0.3 is 16.0 Å². The number of H-pyrrole nitrogens is 1. The number of nitrogens with zero attached hydrogens (tertiary/aromatic N) is 3. The van der Waals surface area contributed by atoms with Crippen LogP contribution >= 0.6 is 0 Å². The van der Waals surface area contributed by atoms with Gasteiger partial charge in [-0.15, -0.1) is 0 Å². The Hall–Kier alpha value is -2.70. The Balaban J connectivity index is 2.04. The van der Waals surface area contributed by atoms with Crippen molar-refractivity contribution in [2.45, 2.75) is 58.4 Å². The lowest BCUT2D eigenvalue weighted by molar-refractivity contribution is 0.0921. The summed E-state index contributed by atoms with van der Waals surface area (Å²) in [5, 5.41) is 2.96. The molecule has 2 heterocycles. The number of allylic oxidation sites excluding steroid dienone is 1. The molecule has 2 aromatic rings. The number of carbonyl (C=O) groups is 1. The van der Waals surface area contributed by atoms with Crippen LogP contribution in [0, 0.1) is 0 Å². The van der Waals surface area contributed by atoms with Gasteiger partial charge in [0, 0.05) is 24.5 Å². The Labute approximate surface area is 159 Å². The van der Waals surface area contributed by atoms with E-state index in [0.29, 0.717) is 28.1 Å². The molecule has 3 rings (SSSR count). The first-order chi connectivity index (χ1) is 12.8. The third-order valence-electron chi connectivity index (χ3n) is 4.67. The molecular formula is C20H28N6O. The molecule has 27 heavy (non-hydrogen) atoms. The molecule has 7 nitrogen and oxygen atoms in total. The molecule has 0 aromatic carbocycles. The van der Waals surface area contributed by atoms with Crippen LogP contribution in [0.5, 0.6) is 0 Å². The van der Waals surface area contributed by atoms with Gasteiger partial charge in [-0.1, -0.05) is 6.42 Å². The molecule has 0 bridgehead atoms. The Bertz CT molecular complexity index is 916. The highest BCUT2D eigenvalue weighted by Crippen LogP contribution is 2.26. The summed E-state index contributed by atoms with van der Waals surface area (Å²) in [5.41, 5.74) is 11.0. The molecule has 7 heteroatoms. The largest absolute Gasteiger partial charge is 0.397 e. The molecule has 0 radical (unpaired) electrons. The molecule has 2 aromatic heterocycles. The summed E-state index contributed by atoms with van der Waals surface area (Å²) in [7, 11) is 1.81. The number of carbonyl (C=O) groups excluding carboxylic acids is 1.